The first-order valence-electron chi connectivity index (χ1n) is 8.84. The Labute approximate surface area is 160 Å². The van der Waals surface area contributed by atoms with Gasteiger partial charge in [0.05, 0.1) is 0 Å². The van der Waals surface area contributed by atoms with Crippen LogP contribution < -0.4 is 10.2 Å². The highest BCUT2D eigenvalue weighted by atomic mass is 19.4. The van der Waals surface area contributed by atoms with Crippen LogP contribution in [-0.4, -0.2) is 28.5 Å². The third-order valence-corrected chi connectivity index (χ3v) is 4.66. The molecular formula is C20H18F3N5. The number of fused-ring (bicyclic) bond motifs is 1. The molecule has 0 saturated carbocycles. The van der Waals surface area contributed by atoms with Crippen LogP contribution in [-0.2, 0) is 19.1 Å². The normalized spacial score (nSPS) is 13.5. The van der Waals surface area contributed by atoms with Gasteiger partial charge < -0.3 is 10.2 Å². The molecular weight excluding hydrogens is 367 g/mol. The lowest BCUT2D eigenvalue weighted by Crippen LogP contribution is -2.12. The molecule has 0 saturated heterocycles. The average molecular weight is 385 g/mol. The number of aromatic nitrogens is 3. The van der Waals surface area contributed by atoms with Crippen molar-refractivity contribution in [3.8, 4) is 11.5 Å². The van der Waals surface area contributed by atoms with Crippen molar-refractivity contribution in [3.05, 3.63) is 65.5 Å². The second-order valence-electron chi connectivity index (χ2n) is 6.66. The highest BCUT2D eigenvalue weighted by molar-refractivity contribution is 5.59. The maximum atomic E-state index is 13.3. The lowest BCUT2D eigenvalue weighted by molar-refractivity contribution is -0.141. The SMILES string of the molecule is CN1CCc2cc(CNc3cc(C(F)(F)F)nc(-c4ccccn4)n3)ccc21. The van der Waals surface area contributed by atoms with Gasteiger partial charge in [-0.1, -0.05) is 18.2 Å². The number of anilines is 2. The molecule has 0 radical (unpaired) electrons. The number of pyridine rings is 1. The minimum absolute atomic E-state index is 0.0616. The fourth-order valence-electron chi connectivity index (χ4n) is 3.22. The van der Waals surface area contributed by atoms with Crippen molar-refractivity contribution < 1.29 is 13.2 Å². The molecule has 0 fully saturated rings. The molecule has 4 rings (SSSR count). The Morgan fingerprint density at radius 2 is 1.96 bits per heavy atom. The summed E-state index contributed by atoms with van der Waals surface area (Å²) in [7, 11) is 2.04. The Morgan fingerprint density at radius 3 is 2.71 bits per heavy atom. The van der Waals surface area contributed by atoms with Crippen LogP contribution in [0.1, 0.15) is 16.8 Å². The third kappa shape index (κ3) is 3.76. The molecule has 8 heteroatoms. The summed E-state index contributed by atoms with van der Waals surface area (Å²) in [5, 5.41) is 2.99. The van der Waals surface area contributed by atoms with Crippen molar-refractivity contribution in [1.82, 2.24) is 15.0 Å². The second-order valence-corrected chi connectivity index (χ2v) is 6.66. The molecule has 0 atom stereocenters. The van der Waals surface area contributed by atoms with Gasteiger partial charge in [-0.2, -0.15) is 13.2 Å². The van der Waals surface area contributed by atoms with E-state index in [0.717, 1.165) is 24.6 Å². The van der Waals surface area contributed by atoms with Crippen molar-refractivity contribution in [3.63, 3.8) is 0 Å². The van der Waals surface area contributed by atoms with E-state index in [-0.39, 0.29) is 17.3 Å². The molecule has 0 bridgehead atoms. The summed E-state index contributed by atoms with van der Waals surface area (Å²) < 4.78 is 39.8. The van der Waals surface area contributed by atoms with Gasteiger partial charge in [-0.15, -0.1) is 0 Å². The summed E-state index contributed by atoms with van der Waals surface area (Å²) in [6, 6.07) is 12.0. The largest absolute Gasteiger partial charge is 0.433 e. The standard InChI is InChI=1S/C20H18F3N5/c1-28-9-7-14-10-13(5-6-16(14)28)12-25-18-11-17(20(21,22)23)26-19(27-18)15-4-2-3-8-24-15/h2-6,8,10-11H,7,9,12H2,1H3,(H,25,26,27). The summed E-state index contributed by atoms with van der Waals surface area (Å²) in [6.45, 7) is 1.34. The van der Waals surface area contributed by atoms with Gasteiger partial charge in [-0.05, 0) is 35.7 Å². The van der Waals surface area contributed by atoms with Crippen molar-refractivity contribution in [2.75, 3.05) is 23.8 Å². The second kappa shape index (κ2) is 7.10. The van der Waals surface area contributed by atoms with Crippen LogP contribution >= 0.6 is 0 Å². The van der Waals surface area contributed by atoms with E-state index in [0.29, 0.717) is 6.54 Å². The third-order valence-electron chi connectivity index (χ3n) is 4.66. The highest BCUT2D eigenvalue weighted by Gasteiger charge is 2.34. The van der Waals surface area contributed by atoms with Crippen molar-refractivity contribution >= 4 is 11.5 Å². The summed E-state index contributed by atoms with van der Waals surface area (Å²) in [4.78, 5) is 14.1. The van der Waals surface area contributed by atoms with E-state index in [9.17, 15) is 13.2 Å². The molecule has 5 nitrogen and oxygen atoms in total. The summed E-state index contributed by atoms with van der Waals surface area (Å²) in [6.07, 6.45) is -2.11. The molecule has 0 unspecified atom stereocenters. The van der Waals surface area contributed by atoms with Crippen LogP contribution in [0.2, 0.25) is 0 Å². The van der Waals surface area contributed by atoms with Gasteiger partial charge in [0.25, 0.3) is 0 Å². The van der Waals surface area contributed by atoms with Crippen molar-refractivity contribution in [2.24, 2.45) is 0 Å². The van der Waals surface area contributed by atoms with Crippen LogP contribution in [0.3, 0.4) is 0 Å². The minimum atomic E-state index is -4.57. The number of halogens is 3. The number of nitrogens with one attached hydrogen (secondary N) is 1. The fourth-order valence-corrected chi connectivity index (χ4v) is 3.22. The molecule has 0 aliphatic carbocycles. The zero-order valence-electron chi connectivity index (χ0n) is 15.2. The fraction of sp³-hybridized carbons (Fsp3) is 0.250. The minimum Gasteiger partial charge on any atom is -0.374 e. The van der Waals surface area contributed by atoms with Crippen molar-refractivity contribution in [1.29, 1.82) is 0 Å². The molecule has 3 heterocycles. The van der Waals surface area contributed by atoms with Crippen LogP contribution in [0, 0.1) is 0 Å². The monoisotopic (exact) mass is 385 g/mol. The number of rotatable bonds is 4. The van der Waals surface area contributed by atoms with E-state index in [4.69, 9.17) is 0 Å². The smallest absolute Gasteiger partial charge is 0.374 e. The molecule has 144 valence electrons. The average Bonchev–Trinajstić information content (AvgIpc) is 3.06. The number of hydrogen-bond donors (Lipinski definition) is 1. The molecule has 28 heavy (non-hydrogen) atoms. The van der Waals surface area contributed by atoms with Crippen LogP contribution in [0.25, 0.3) is 11.5 Å². The predicted molar refractivity (Wildman–Crippen MR) is 101 cm³/mol. The Hall–Kier alpha value is -3.16. The van der Waals surface area contributed by atoms with Gasteiger partial charge in [0, 0.05) is 38.1 Å². The first-order valence-corrected chi connectivity index (χ1v) is 8.84. The van der Waals surface area contributed by atoms with Crippen LogP contribution in [0.5, 0.6) is 0 Å². The molecule has 1 aromatic carbocycles. The van der Waals surface area contributed by atoms with Gasteiger partial charge >= 0.3 is 6.18 Å². The molecule has 3 aromatic rings. The number of alkyl halides is 3. The molecule has 1 aliphatic rings. The molecule has 0 spiro atoms. The quantitative estimate of drug-likeness (QED) is 0.731. The Bertz CT molecular complexity index is 989. The van der Waals surface area contributed by atoms with Gasteiger partial charge in [-0.25, -0.2) is 9.97 Å². The van der Waals surface area contributed by atoms with E-state index in [2.05, 4.69) is 31.2 Å². The van der Waals surface area contributed by atoms with Gasteiger partial charge in [0.1, 0.15) is 11.5 Å². The number of hydrogen-bond acceptors (Lipinski definition) is 5. The van der Waals surface area contributed by atoms with Crippen LogP contribution in [0.15, 0.2) is 48.7 Å². The Kier molecular flexibility index (Phi) is 4.62. The van der Waals surface area contributed by atoms with Crippen molar-refractivity contribution in [2.45, 2.75) is 19.1 Å². The maximum absolute atomic E-state index is 13.3. The number of benzene rings is 1. The molecule has 1 N–H and O–H groups in total. The number of likely N-dealkylation sites (N-methyl/N-ethyl adjacent to an activating group) is 1. The molecule has 1 aliphatic heterocycles. The first kappa shape index (κ1) is 18.2. The highest BCUT2D eigenvalue weighted by Crippen LogP contribution is 2.31. The van der Waals surface area contributed by atoms with Gasteiger partial charge in [-0.3, -0.25) is 4.98 Å². The summed E-state index contributed by atoms with van der Waals surface area (Å²) >= 11 is 0. The van der Waals surface area contributed by atoms with E-state index < -0.39 is 11.9 Å². The predicted octanol–water partition coefficient (Wildman–Crippen LogP) is 4.16. The zero-order chi connectivity index (χ0) is 19.7. The molecule has 2 aromatic heterocycles. The number of nitrogens with zero attached hydrogens (tertiary/aromatic N) is 4. The van der Waals surface area contributed by atoms with Crippen LogP contribution in [0.4, 0.5) is 24.7 Å². The molecule has 0 amide bonds. The van der Waals surface area contributed by atoms with Gasteiger partial charge in [0.2, 0.25) is 0 Å². The summed E-state index contributed by atoms with van der Waals surface area (Å²) in [5.74, 6) is 0.0501. The maximum Gasteiger partial charge on any atom is 0.433 e. The Morgan fingerprint density at radius 1 is 1.11 bits per heavy atom. The summed E-state index contributed by atoms with van der Waals surface area (Å²) in [5.41, 5.74) is 2.72. The van der Waals surface area contributed by atoms with E-state index in [1.807, 2.05) is 19.2 Å². The topological polar surface area (TPSA) is 53.9 Å². The lowest BCUT2D eigenvalue weighted by Gasteiger charge is -2.14. The zero-order valence-corrected chi connectivity index (χ0v) is 15.2. The van der Waals surface area contributed by atoms with Gasteiger partial charge in [0.15, 0.2) is 11.5 Å². The van der Waals surface area contributed by atoms with E-state index in [1.54, 1.807) is 18.2 Å². The van der Waals surface area contributed by atoms with E-state index >= 15 is 0 Å². The Balaban J connectivity index is 1.60. The lowest BCUT2D eigenvalue weighted by atomic mass is 10.1. The van der Waals surface area contributed by atoms with E-state index in [1.165, 1.54) is 17.4 Å². The first-order chi connectivity index (χ1) is 13.4.